The molecule has 0 saturated heterocycles. The van der Waals surface area contributed by atoms with Crippen molar-refractivity contribution in [2.24, 2.45) is 5.92 Å². The quantitative estimate of drug-likeness (QED) is 0.723. The number of rotatable bonds is 8. The lowest BCUT2D eigenvalue weighted by Gasteiger charge is -2.25. The number of aryl methyl sites for hydroxylation is 1. The Morgan fingerprint density at radius 1 is 1.00 bits per heavy atom. The molecule has 2 rings (SSSR count). The van der Waals surface area contributed by atoms with Crippen molar-refractivity contribution in [1.29, 1.82) is 0 Å². The number of carbonyl (C=O) groups excluding carboxylic acids is 1. The van der Waals surface area contributed by atoms with Gasteiger partial charge in [-0.1, -0.05) is 48.5 Å². The van der Waals surface area contributed by atoms with Crippen LogP contribution in [0.15, 0.2) is 60.7 Å². The van der Waals surface area contributed by atoms with Crippen molar-refractivity contribution in [2.75, 3.05) is 17.2 Å². The second-order valence-corrected chi connectivity index (χ2v) is 5.92. The van der Waals surface area contributed by atoms with E-state index in [9.17, 15) is 9.59 Å². The normalized spacial score (nSPS) is 11.7. The summed E-state index contributed by atoms with van der Waals surface area (Å²) in [5.41, 5.74) is 1.75. The van der Waals surface area contributed by atoms with Crippen molar-refractivity contribution >= 4 is 30.2 Å². The van der Waals surface area contributed by atoms with E-state index < -0.39 is 5.97 Å². The molecule has 0 aromatic heterocycles. The molecule has 0 fully saturated rings. The van der Waals surface area contributed by atoms with Crippen LogP contribution in [0, 0.1) is 5.92 Å². The van der Waals surface area contributed by atoms with E-state index in [2.05, 4.69) is 12.6 Å². The highest BCUT2D eigenvalue weighted by Crippen LogP contribution is 2.20. The first-order valence-electron chi connectivity index (χ1n) is 7.85. The van der Waals surface area contributed by atoms with Crippen LogP contribution in [0.25, 0.3) is 0 Å². The molecule has 1 amide bonds. The summed E-state index contributed by atoms with van der Waals surface area (Å²) in [6.45, 7) is -0.349. The molecule has 126 valence electrons. The molecule has 2 aromatic rings. The van der Waals surface area contributed by atoms with E-state index in [0.29, 0.717) is 17.9 Å². The molecular formula is C19H21NO3S. The molecule has 0 aliphatic rings. The lowest BCUT2D eigenvalue weighted by atomic mass is 9.99. The van der Waals surface area contributed by atoms with Crippen molar-refractivity contribution in [3.05, 3.63) is 66.2 Å². The van der Waals surface area contributed by atoms with Crippen LogP contribution in [0.3, 0.4) is 0 Å². The van der Waals surface area contributed by atoms with Crippen molar-refractivity contribution in [3.63, 3.8) is 0 Å². The molecule has 1 N–H and O–H groups in total. The van der Waals surface area contributed by atoms with E-state index in [1.54, 1.807) is 24.3 Å². The van der Waals surface area contributed by atoms with Gasteiger partial charge >= 0.3 is 5.97 Å². The highest BCUT2D eigenvalue weighted by atomic mass is 32.1. The number of carbonyl (C=O) groups is 2. The maximum atomic E-state index is 12.8. The molecule has 5 heteroatoms. The molecule has 0 radical (unpaired) electrons. The fourth-order valence-electron chi connectivity index (χ4n) is 2.54. The summed E-state index contributed by atoms with van der Waals surface area (Å²) in [7, 11) is 0. The average molecular weight is 343 g/mol. The third-order valence-corrected chi connectivity index (χ3v) is 4.26. The van der Waals surface area contributed by atoms with Crippen LogP contribution < -0.4 is 4.90 Å². The second kappa shape index (κ2) is 9.13. The molecule has 0 spiro atoms. The number of amides is 1. The molecule has 0 heterocycles. The van der Waals surface area contributed by atoms with Gasteiger partial charge in [-0.2, -0.15) is 12.6 Å². The van der Waals surface area contributed by atoms with Gasteiger partial charge in [0.25, 0.3) is 0 Å². The lowest BCUT2D eigenvalue weighted by Crippen LogP contribution is -2.40. The highest BCUT2D eigenvalue weighted by molar-refractivity contribution is 7.80. The van der Waals surface area contributed by atoms with Gasteiger partial charge in [0.1, 0.15) is 6.54 Å². The molecule has 0 saturated carbocycles. The summed E-state index contributed by atoms with van der Waals surface area (Å²) in [5.74, 6) is -1.18. The van der Waals surface area contributed by atoms with E-state index >= 15 is 0 Å². The Balaban J connectivity index is 2.12. The molecule has 0 aliphatic heterocycles. The number of para-hydroxylation sites is 1. The summed E-state index contributed by atoms with van der Waals surface area (Å²) < 4.78 is 0. The first-order chi connectivity index (χ1) is 11.6. The predicted octanol–water partition coefficient (Wildman–Crippen LogP) is 3.28. The van der Waals surface area contributed by atoms with E-state index in [-0.39, 0.29) is 18.4 Å². The summed E-state index contributed by atoms with van der Waals surface area (Å²) >= 11 is 4.30. The Bertz CT molecular complexity index is 661. The maximum Gasteiger partial charge on any atom is 0.323 e. The maximum absolute atomic E-state index is 12.8. The van der Waals surface area contributed by atoms with Gasteiger partial charge in [-0.15, -0.1) is 0 Å². The number of carboxylic acids is 1. The summed E-state index contributed by atoms with van der Waals surface area (Å²) in [4.78, 5) is 25.3. The van der Waals surface area contributed by atoms with Crippen LogP contribution in [-0.2, 0) is 16.0 Å². The zero-order chi connectivity index (χ0) is 17.4. The van der Waals surface area contributed by atoms with Crippen LogP contribution in [-0.4, -0.2) is 29.3 Å². The van der Waals surface area contributed by atoms with Crippen LogP contribution in [0.4, 0.5) is 5.69 Å². The Labute approximate surface area is 147 Å². The number of hydrogen-bond acceptors (Lipinski definition) is 3. The molecule has 0 unspecified atom stereocenters. The number of nitrogens with zero attached hydrogens (tertiary/aromatic N) is 1. The van der Waals surface area contributed by atoms with Crippen molar-refractivity contribution < 1.29 is 14.7 Å². The minimum atomic E-state index is -1.03. The van der Waals surface area contributed by atoms with Crippen LogP contribution in [0.1, 0.15) is 12.0 Å². The number of benzene rings is 2. The van der Waals surface area contributed by atoms with Crippen LogP contribution in [0.2, 0.25) is 0 Å². The van der Waals surface area contributed by atoms with Crippen molar-refractivity contribution in [2.45, 2.75) is 12.8 Å². The Morgan fingerprint density at radius 3 is 2.12 bits per heavy atom. The van der Waals surface area contributed by atoms with E-state index in [4.69, 9.17) is 5.11 Å². The molecular weight excluding hydrogens is 322 g/mol. The molecule has 1 atom stereocenters. The molecule has 2 aromatic carbocycles. The lowest BCUT2D eigenvalue weighted by molar-refractivity contribution is -0.137. The molecule has 24 heavy (non-hydrogen) atoms. The molecule has 4 nitrogen and oxygen atoms in total. The minimum Gasteiger partial charge on any atom is -0.480 e. The smallest absolute Gasteiger partial charge is 0.323 e. The molecule has 0 bridgehead atoms. The van der Waals surface area contributed by atoms with E-state index in [0.717, 1.165) is 12.0 Å². The Hall–Kier alpha value is -2.27. The fourth-order valence-corrected chi connectivity index (χ4v) is 2.88. The number of thiol groups is 1. The summed E-state index contributed by atoms with van der Waals surface area (Å²) in [6, 6.07) is 18.8. The van der Waals surface area contributed by atoms with E-state index in [1.807, 2.05) is 36.4 Å². The number of aliphatic carboxylic acids is 1. The molecule has 0 aliphatic carbocycles. The van der Waals surface area contributed by atoms with Crippen molar-refractivity contribution in [3.8, 4) is 0 Å². The van der Waals surface area contributed by atoms with Gasteiger partial charge in [0, 0.05) is 17.4 Å². The number of hydrogen-bond donors (Lipinski definition) is 2. The SMILES string of the molecule is O=C(O)CN(C(=O)[C@H](CS)CCc1ccccc1)c1ccccc1. The monoisotopic (exact) mass is 343 g/mol. The third kappa shape index (κ3) is 5.13. The number of carboxylic acid groups (broad SMARTS) is 1. The Morgan fingerprint density at radius 2 is 1.58 bits per heavy atom. The first-order valence-corrected chi connectivity index (χ1v) is 8.48. The average Bonchev–Trinajstić information content (AvgIpc) is 2.61. The minimum absolute atomic E-state index is 0.200. The highest BCUT2D eigenvalue weighted by Gasteiger charge is 2.26. The third-order valence-electron chi connectivity index (χ3n) is 3.82. The summed E-state index contributed by atoms with van der Waals surface area (Å²) in [6.07, 6.45) is 1.39. The van der Waals surface area contributed by atoms with Gasteiger partial charge in [0.15, 0.2) is 0 Å². The number of anilines is 1. The standard InChI is InChI=1S/C19H21NO3S/c21-18(22)13-20(17-9-5-2-6-10-17)19(23)16(14-24)12-11-15-7-3-1-4-8-15/h1-10,16,24H,11-14H2,(H,21,22)/t16-/m0/s1. The largest absolute Gasteiger partial charge is 0.480 e. The van der Waals surface area contributed by atoms with Gasteiger partial charge in [0.2, 0.25) is 5.91 Å². The van der Waals surface area contributed by atoms with E-state index in [1.165, 1.54) is 4.90 Å². The topological polar surface area (TPSA) is 57.6 Å². The van der Waals surface area contributed by atoms with Gasteiger partial charge < -0.3 is 10.0 Å². The second-order valence-electron chi connectivity index (χ2n) is 5.56. The van der Waals surface area contributed by atoms with Gasteiger partial charge in [-0.3, -0.25) is 9.59 Å². The zero-order valence-electron chi connectivity index (χ0n) is 13.3. The van der Waals surface area contributed by atoms with Gasteiger partial charge in [0.05, 0.1) is 0 Å². The zero-order valence-corrected chi connectivity index (χ0v) is 14.2. The van der Waals surface area contributed by atoms with Gasteiger partial charge in [-0.25, -0.2) is 0 Å². The van der Waals surface area contributed by atoms with Crippen LogP contribution >= 0.6 is 12.6 Å². The first kappa shape index (κ1) is 18.1. The summed E-state index contributed by atoms with van der Waals surface area (Å²) in [5, 5.41) is 9.14. The van der Waals surface area contributed by atoms with Gasteiger partial charge in [-0.05, 0) is 30.5 Å². The Kier molecular flexibility index (Phi) is 6.88. The predicted molar refractivity (Wildman–Crippen MR) is 98.5 cm³/mol. The van der Waals surface area contributed by atoms with Crippen molar-refractivity contribution in [1.82, 2.24) is 0 Å². The van der Waals surface area contributed by atoms with Crippen LogP contribution in [0.5, 0.6) is 0 Å². The fraction of sp³-hybridized carbons (Fsp3) is 0.263.